The molecular weight excluding hydrogens is 222 g/mol. The minimum absolute atomic E-state index is 0.426. The van der Waals surface area contributed by atoms with Gasteiger partial charge in [0.25, 0.3) is 0 Å². The van der Waals surface area contributed by atoms with E-state index < -0.39 is 0 Å². The van der Waals surface area contributed by atoms with E-state index in [4.69, 9.17) is 4.74 Å². The molecular formula is C16H27NO. The number of hydrogen-bond donors (Lipinski definition) is 1. The molecule has 102 valence electrons. The number of rotatable bonds is 6. The average Bonchev–Trinajstić information content (AvgIpc) is 2.32. The Labute approximate surface area is 112 Å². The fourth-order valence-electron chi connectivity index (χ4n) is 2.37. The number of methoxy groups -OCH3 is 1. The van der Waals surface area contributed by atoms with E-state index in [2.05, 4.69) is 52.1 Å². The van der Waals surface area contributed by atoms with E-state index in [0.29, 0.717) is 12.0 Å². The van der Waals surface area contributed by atoms with Crippen molar-refractivity contribution >= 4 is 0 Å². The molecule has 2 nitrogen and oxygen atoms in total. The van der Waals surface area contributed by atoms with Gasteiger partial charge in [-0.1, -0.05) is 26.8 Å². The van der Waals surface area contributed by atoms with Gasteiger partial charge in [-0.3, -0.25) is 0 Å². The summed E-state index contributed by atoms with van der Waals surface area (Å²) in [5.74, 6) is 1.57. The molecule has 0 fully saturated rings. The van der Waals surface area contributed by atoms with Crippen LogP contribution in [-0.4, -0.2) is 13.7 Å². The van der Waals surface area contributed by atoms with E-state index in [0.717, 1.165) is 18.7 Å². The predicted molar refractivity (Wildman–Crippen MR) is 78.3 cm³/mol. The van der Waals surface area contributed by atoms with Crippen LogP contribution in [0.25, 0.3) is 0 Å². The molecule has 0 saturated carbocycles. The fourth-order valence-corrected chi connectivity index (χ4v) is 2.37. The smallest absolute Gasteiger partial charge is 0.122 e. The molecule has 0 spiro atoms. The molecule has 0 amide bonds. The first-order valence-electron chi connectivity index (χ1n) is 6.89. The van der Waals surface area contributed by atoms with Crippen molar-refractivity contribution in [1.82, 2.24) is 5.32 Å². The molecule has 0 bridgehead atoms. The third-order valence-electron chi connectivity index (χ3n) is 3.40. The van der Waals surface area contributed by atoms with Crippen molar-refractivity contribution in [2.45, 2.75) is 47.1 Å². The summed E-state index contributed by atoms with van der Waals surface area (Å²) in [5.41, 5.74) is 3.92. The van der Waals surface area contributed by atoms with Gasteiger partial charge in [0, 0.05) is 6.04 Å². The van der Waals surface area contributed by atoms with Gasteiger partial charge in [0.15, 0.2) is 0 Å². The third-order valence-corrected chi connectivity index (χ3v) is 3.40. The monoisotopic (exact) mass is 249 g/mol. The second kappa shape index (κ2) is 6.79. The number of benzene rings is 1. The van der Waals surface area contributed by atoms with Gasteiger partial charge < -0.3 is 10.1 Å². The molecule has 1 aromatic carbocycles. The molecule has 0 aliphatic carbocycles. The normalized spacial score (nSPS) is 12.8. The highest BCUT2D eigenvalue weighted by Gasteiger charge is 2.18. The standard InChI is InChI=1S/C16H27NO/c1-7-8-17-16(11(2)3)14-9-13(5)15(18-6)10-12(14)4/h9-11,16-17H,7-8H2,1-6H3. The van der Waals surface area contributed by atoms with Gasteiger partial charge in [-0.25, -0.2) is 0 Å². The lowest BCUT2D eigenvalue weighted by molar-refractivity contribution is 0.402. The fraction of sp³-hybridized carbons (Fsp3) is 0.625. The van der Waals surface area contributed by atoms with Gasteiger partial charge in [0.1, 0.15) is 5.75 Å². The predicted octanol–water partition coefficient (Wildman–Crippen LogP) is 4.01. The van der Waals surface area contributed by atoms with E-state index in [1.165, 1.54) is 16.7 Å². The highest BCUT2D eigenvalue weighted by atomic mass is 16.5. The first-order chi connectivity index (χ1) is 8.51. The number of hydrogen-bond acceptors (Lipinski definition) is 2. The summed E-state index contributed by atoms with van der Waals surface area (Å²) >= 11 is 0. The Morgan fingerprint density at radius 3 is 2.33 bits per heavy atom. The number of ether oxygens (including phenoxy) is 1. The second-order valence-electron chi connectivity index (χ2n) is 5.35. The Hall–Kier alpha value is -1.02. The summed E-state index contributed by atoms with van der Waals surface area (Å²) in [6, 6.07) is 4.84. The molecule has 1 rings (SSSR count). The highest BCUT2D eigenvalue weighted by Crippen LogP contribution is 2.30. The molecule has 0 aromatic heterocycles. The zero-order chi connectivity index (χ0) is 13.7. The van der Waals surface area contributed by atoms with Gasteiger partial charge in [0.05, 0.1) is 7.11 Å². The Kier molecular flexibility index (Phi) is 5.67. The molecule has 1 N–H and O–H groups in total. The summed E-state index contributed by atoms with van der Waals surface area (Å²) in [6.07, 6.45) is 1.16. The van der Waals surface area contributed by atoms with Crippen LogP contribution in [0, 0.1) is 19.8 Å². The SMILES string of the molecule is CCCNC(c1cc(C)c(OC)cc1C)C(C)C. The maximum atomic E-state index is 5.38. The van der Waals surface area contributed by atoms with Gasteiger partial charge >= 0.3 is 0 Å². The lowest BCUT2D eigenvalue weighted by atomic mass is 9.91. The largest absolute Gasteiger partial charge is 0.496 e. The van der Waals surface area contributed by atoms with E-state index >= 15 is 0 Å². The Balaban J connectivity index is 3.08. The van der Waals surface area contributed by atoms with Gasteiger partial charge in [0.2, 0.25) is 0 Å². The van der Waals surface area contributed by atoms with E-state index in [9.17, 15) is 0 Å². The van der Waals surface area contributed by atoms with Crippen LogP contribution >= 0.6 is 0 Å². The van der Waals surface area contributed by atoms with Crippen LogP contribution in [0.5, 0.6) is 5.75 Å². The molecule has 0 radical (unpaired) electrons. The topological polar surface area (TPSA) is 21.3 Å². The maximum Gasteiger partial charge on any atom is 0.122 e. The molecule has 18 heavy (non-hydrogen) atoms. The zero-order valence-corrected chi connectivity index (χ0v) is 12.6. The lowest BCUT2D eigenvalue weighted by Gasteiger charge is -2.25. The lowest BCUT2D eigenvalue weighted by Crippen LogP contribution is -2.27. The molecule has 0 aliphatic heterocycles. The van der Waals surface area contributed by atoms with Crippen molar-refractivity contribution in [3.8, 4) is 5.75 Å². The number of nitrogens with one attached hydrogen (secondary N) is 1. The van der Waals surface area contributed by atoms with Gasteiger partial charge in [-0.15, -0.1) is 0 Å². The minimum Gasteiger partial charge on any atom is -0.496 e. The molecule has 1 atom stereocenters. The molecule has 0 heterocycles. The van der Waals surface area contributed by atoms with E-state index in [-0.39, 0.29) is 0 Å². The van der Waals surface area contributed by atoms with Crippen LogP contribution in [0.3, 0.4) is 0 Å². The minimum atomic E-state index is 0.426. The third kappa shape index (κ3) is 3.49. The van der Waals surface area contributed by atoms with Gasteiger partial charge in [-0.05, 0) is 55.5 Å². The summed E-state index contributed by atoms with van der Waals surface area (Å²) in [5, 5.41) is 3.65. The van der Waals surface area contributed by atoms with Crippen LogP contribution < -0.4 is 10.1 Å². The van der Waals surface area contributed by atoms with Crippen molar-refractivity contribution in [2.75, 3.05) is 13.7 Å². The summed E-state index contributed by atoms with van der Waals surface area (Å²) in [4.78, 5) is 0. The van der Waals surface area contributed by atoms with Crippen molar-refractivity contribution in [3.63, 3.8) is 0 Å². The quantitative estimate of drug-likeness (QED) is 0.822. The molecule has 0 aliphatic rings. The first-order valence-corrected chi connectivity index (χ1v) is 6.89. The summed E-state index contributed by atoms with van der Waals surface area (Å²) in [6.45, 7) is 12.1. The van der Waals surface area contributed by atoms with Crippen molar-refractivity contribution in [1.29, 1.82) is 0 Å². The second-order valence-corrected chi connectivity index (χ2v) is 5.35. The Bertz CT molecular complexity index is 385. The maximum absolute atomic E-state index is 5.38. The van der Waals surface area contributed by atoms with Crippen molar-refractivity contribution < 1.29 is 4.74 Å². The summed E-state index contributed by atoms with van der Waals surface area (Å²) < 4.78 is 5.38. The summed E-state index contributed by atoms with van der Waals surface area (Å²) in [7, 11) is 1.73. The van der Waals surface area contributed by atoms with E-state index in [1.807, 2.05) is 0 Å². The Morgan fingerprint density at radius 1 is 1.17 bits per heavy atom. The molecule has 1 unspecified atom stereocenters. The zero-order valence-electron chi connectivity index (χ0n) is 12.6. The average molecular weight is 249 g/mol. The number of aryl methyl sites for hydroxylation is 2. The molecule has 2 heteroatoms. The molecule has 0 saturated heterocycles. The highest BCUT2D eigenvalue weighted by molar-refractivity contribution is 5.43. The Morgan fingerprint density at radius 2 is 1.83 bits per heavy atom. The van der Waals surface area contributed by atoms with Crippen LogP contribution in [0.2, 0.25) is 0 Å². The van der Waals surface area contributed by atoms with Crippen LogP contribution in [0.4, 0.5) is 0 Å². The van der Waals surface area contributed by atoms with E-state index in [1.54, 1.807) is 7.11 Å². The van der Waals surface area contributed by atoms with Crippen LogP contribution in [0.15, 0.2) is 12.1 Å². The van der Waals surface area contributed by atoms with Crippen molar-refractivity contribution in [3.05, 3.63) is 28.8 Å². The molecule has 1 aromatic rings. The first kappa shape index (κ1) is 15.0. The van der Waals surface area contributed by atoms with Crippen LogP contribution in [-0.2, 0) is 0 Å². The van der Waals surface area contributed by atoms with Gasteiger partial charge in [-0.2, -0.15) is 0 Å². The van der Waals surface area contributed by atoms with Crippen molar-refractivity contribution in [2.24, 2.45) is 5.92 Å². The van der Waals surface area contributed by atoms with Crippen LogP contribution in [0.1, 0.15) is 49.9 Å².